The van der Waals surface area contributed by atoms with Gasteiger partial charge in [-0.05, 0) is 24.8 Å². The first kappa shape index (κ1) is 16.5. The number of ether oxygens (including phenoxy) is 1. The van der Waals surface area contributed by atoms with Crippen LogP contribution in [0.5, 0.6) is 0 Å². The van der Waals surface area contributed by atoms with Gasteiger partial charge in [-0.15, -0.1) is 0 Å². The Morgan fingerprint density at radius 1 is 1.27 bits per heavy atom. The van der Waals surface area contributed by atoms with Gasteiger partial charge < -0.3 is 10.1 Å². The highest BCUT2D eigenvalue weighted by Crippen LogP contribution is 2.16. The third-order valence-electron chi connectivity index (χ3n) is 3.74. The van der Waals surface area contributed by atoms with Gasteiger partial charge in [0.25, 0.3) is 0 Å². The predicted molar refractivity (Wildman–Crippen MR) is 84.0 cm³/mol. The average molecular weight is 304 g/mol. The zero-order valence-electron chi connectivity index (χ0n) is 13.3. The fourth-order valence-corrected chi connectivity index (χ4v) is 2.53. The summed E-state index contributed by atoms with van der Waals surface area (Å²) in [6.45, 7) is 6.20. The Balaban J connectivity index is 1.79. The summed E-state index contributed by atoms with van der Waals surface area (Å²) in [6, 6.07) is 8.82. The van der Waals surface area contributed by atoms with E-state index in [4.69, 9.17) is 4.74 Å². The summed E-state index contributed by atoms with van der Waals surface area (Å²) in [5.74, 6) is 0.107. The van der Waals surface area contributed by atoms with Crippen LogP contribution in [-0.4, -0.2) is 30.0 Å². The second kappa shape index (κ2) is 7.40. The molecule has 0 unspecified atom stereocenters. The van der Waals surface area contributed by atoms with Crippen molar-refractivity contribution >= 4 is 11.9 Å². The summed E-state index contributed by atoms with van der Waals surface area (Å²) in [7, 11) is 0. The summed E-state index contributed by atoms with van der Waals surface area (Å²) in [4.78, 5) is 23.6. The highest BCUT2D eigenvalue weighted by atomic mass is 16.5. The molecule has 1 amide bonds. The molecule has 2 N–H and O–H groups in total. The maximum atomic E-state index is 12.0. The molecule has 0 aromatic heterocycles. The molecule has 0 saturated carbocycles. The van der Waals surface area contributed by atoms with Crippen molar-refractivity contribution in [3.8, 4) is 0 Å². The fraction of sp³-hybridized carbons (Fsp3) is 0.529. The maximum Gasteiger partial charge on any atom is 0.323 e. The summed E-state index contributed by atoms with van der Waals surface area (Å²) < 4.78 is 5.28. The minimum absolute atomic E-state index is 0.0478. The molecule has 0 aliphatic carbocycles. The van der Waals surface area contributed by atoms with Crippen LogP contribution in [0, 0.1) is 5.92 Å². The number of hydrogen-bond donors (Lipinski definition) is 2. The standard InChI is InChI=1S/C17H24N2O3/c1-11(2)9-14-15(16(20)19-14)18-12(3)17(21)22-10-13-7-5-4-6-8-13/h4-8,11-12,14-15,18H,9-10H2,1-3H3,(H,19,20)/t12-,14+,15+/m0/s1. The van der Waals surface area contributed by atoms with Crippen LogP contribution in [0.4, 0.5) is 0 Å². The molecule has 1 aliphatic heterocycles. The smallest absolute Gasteiger partial charge is 0.323 e. The normalized spacial score (nSPS) is 21.9. The van der Waals surface area contributed by atoms with Crippen molar-refractivity contribution in [2.24, 2.45) is 5.92 Å². The molecule has 0 bridgehead atoms. The van der Waals surface area contributed by atoms with Gasteiger partial charge in [-0.3, -0.25) is 14.9 Å². The number of rotatable bonds is 7. The van der Waals surface area contributed by atoms with Crippen LogP contribution in [0.2, 0.25) is 0 Å². The molecule has 1 heterocycles. The van der Waals surface area contributed by atoms with Gasteiger partial charge in [-0.25, -0.2) is 0 Å². The molecule has 1 fully saturated rings. The van der Waals surface area contributed by atoms with Crippen LogP contribution in [0.1, 0.15) is 32.8 Å². The number of amides is 1. The molecule has 3 atom stereocenters. The Hall–Kier alpha value is -1.88. The lowest BCUT2D eigenvalue weighted by Gasteiger charge is -2.39. The minimum Gasteiger partial charge on any atom is -0.460 e. The highest BCUT2D eigenvalue weighted by Gasteiger charge is 2.40. The van der Waals surface area contributed by atoms with Crippen LogP contribution in [-0.2, 0) is 20.9 Å². The van der Waals surface area contributed by atoms with Gasteiger partial charge in [-0.1, -0.05) is 44.2 Å². The van der Waals surface area contributed by atoms with Crippen molar-refractivity contribution in [2.45, 2.75) is 51.9 Å². The monoisotopic (exact) mass is 304 g/mol. The third-order valence-corrected chi connectivity index (χ3v) is 3.74. The van der Waals surface area contributed by atoms with Gasteiger partial charge in [0.05, 0.1) is 6.04 Å². The minimum atomic E-state index is -0.505. The Bertz CT molecular complexity index is 516. The average Bonchev–Trinajstić information content (AvgIpc) is 2.50. The topological polar surface area (TPSA) is 67.4 Å². The van der Waals surface area contributed by atoms with E-state index < -0.39 is 6.04 Å². The first-order valence-corrected chi connectivity index (χ1v) is 7.74. The van der Waals surface area contributed by atoms with Crippen LogP contribution in [0.15, 0.2) is 30.3 Å². The van der Waals surface area contributed by atoms with Crippen LogP contribution >= 0.6 is 0 Å². The van der Waals surface area contributed by atoms with E-state index in [0.29, 0.717) is 5.92 Å². The number of esters is 1. The summed E-state index contributed by atoms with van der Waals surface area (Å²) in [6.07, 6.45) is 0.898. The van der Waals surface area contributed by atoms with Crippen molar-refractivity contribution < 1.29 is 14.3 Å². The number of carbonyl (C=O) groups excluding carboxylic acids is 2. The molecule has 1 aliphatic rings. The molecular weight excluding hydrogens is 280 g/mol. The molecule has 2 rings (SSSR count). The first-order valence-electron chi connectivity index (χ1n) is 7.74. The molecule has 120 valence electrons. The van der Waals surface area contributed by atoms with Gasteiger partial charge >= 0.3 is 5.97 Å². The fourth-order valence-electron chi connectivity index (χ4n) is 2.53. The van der Waals surface area contributed by atoms with Gasteiger partial charge in [0, 0.05) is 0 Å². The number of β-lactam (4-membered cyclic amide) rings is 1. The van der Waals surface area contributed by atoms with Crippen LogP contribution in [0.25, 0.3) is 0 Å². The summed E-state index contributed by atoms with van der Waals surface area (Å²) in [5.41, 5.74) is 0.946. The van der Waals surface area contributed by atoms with Crippen LogP contribution in [0.3, 0.4) is 0 Å². The Morgan fingerprint density at radius 3 is 2.55 bits per heavy atom. The quantitative estimate of drug-likeness (QED) is 0.593. The second-order valence-electron chi connectivity index (χ2n) is 6.20. The lowest BCUT2D eigenvalue weighted by Crippen LogP contribution is -2.70. The molecule has 0 spiro atoms. The first-order chi connectivity index (χ1) is 10.5. The van der Waals surface area contributed by atoms with E-state index in [1.165, 1.54) is 0 Å². The third kappa shape index (κ3) is 4.31. The van der Waals surface area contributed by atoms with Crippen molar-refractivity contribution in [1.29, 1.82) is 0 Å². The van der Waals surface area contributed by atoms with E-state index in [9.17, 15) is 9.59 Å². The van der Waals surface area contributed by atoms with E-state index in [2.05, 4.69) is 24.5 Å². The van der Waals surface area contributed by atoms with Crippen molar-refractivity contribution in [1.82, 2.24) is 10.6 Å². The molecule has 5 nitrogen and oxygen atoms in total. The SMILES string of the molecule is CC(C)C[C@H]1NC(=O)[C@@H]1N[C@@H](C)C(=O)OCc1ccccc1. The van der Waals surface area contributed by atoms with Crippen molar-refractivity contribution in [3.05, 3.63) is 35.9 Å². The van der Waals surface area contributed by atoms with Gasteiger partial charge in [0.2, 0.25) is 5.91 Å². The Labute approximate surface area is 131 Å². The molecule has 5 heteroatoms. The van der Waals surface area contributed by atoms with Gasteiger partial charge in [0.15, 0.2) is 0 Å². The second-order valence-corrected chi connectivity index (χ2v) is 6.20. The zero-order valence-corrected chi connectivity index (χ0v) is 13.3. The predicted octanol–water partition coefficient (Wildman–Crippen LogP) is 1.62. The lowest BCUT2D eigenvalue weighted by atomic mass is 9.90. The maximum absolute atomic E-state index is 12.0. The van der Waals surface area contributed by atoms with E-state index in [-0.39, 0.29) is 30.6 Å². The van der Waals surface area contributed by atoms with Gasteiger partial charge in [-0.2, -0.15) is 0 Å². The van der Waals surface area contributed by atoms with E-state index in [1.807, 2.05) is 30.3 Å². The van der Waals surface area contributed by atoms with E-state index in [0.717, 1.165) is 12.0 Å². The molecule has 0 radical (unpaired) electrons. The molecule has 1 saturated heterocycles. The van der Waals surface area contributed by atoms with E-state index >= 15 is 0 Å². The summed E-state index contributed by atoms with van der Waals surface area (Å²) >= 11 is 0. The Morgan fingerprint density at radius 2 is 1.95 bits per heavy atom. The lowest BCUT2D eigenvalue weighted by molar-refractivity contribution is -0.148. The van der Waals surface area contributed by atoms with Crippen LogP contribution < -0.4 is 10.6 Å². The molecular formula is C17H24N2O3. The van der Waals surface area contributed by atoms with E-state index in [1.54, 1.807) is 6.92 Å². The largest absolute Gasteiger partial charge is 0.460 e. The number of nitrogens with one attached hydrogen (secondary N) is 2. The molecule has 1 aromatic carbocycles. The van der Waals surface area contributed by atoms with Crippen molar-refractivity contribution in [2.75, 3.05) is 0 Å². The van der Waals surface area contributed by atoms with Crippen molar-refractivity contribution in [3.63, 3.8) is 0 Å². The molecule has 1 aromatic rings. The summed E-state index contributed by atoms with van der Waals surface area (Å²) in [5, 5.41) is 5.94. The Kier molecular flexibility index (Phi) is 5.55. The van der Waals surface area contributed by atoms with Gasteiger partial charge in [0.1, 0.15) is 18.7 Å². The number of hydrogen-bond acceptors (Lipinski definition) is 4. The molecule has 22 heavy (non-hydrogen) atoms. The highest BCUT2D eigenvalue weighted by molar-refractivity contribution is 5.90. The zero-order chi connectivity index (χ0) is 16.1. The number of carbonyl (C=O) groups is 2. The number of benzene rings is 1.